The fourth-order valence-corrected chi connectivity index (χ4v) is 4.14. The van der Waals surface area contributed by atoms with Crippen molar-refractivity contribution in [3.8, 4) is 11.5 Å². The van der Waals surface area contributed by atoms with E-state index < -0.39 is 10.0 Å². The third kappa shape index (κ3) is 4.54. The number of rotatable bonds is 7. The first kappa shape index (κ1) is 21.1. The van der Waals surface area contributed by atoms with E-state index in [1.54, 1.807) is 12.1 Å². The maximum atomic E-state index is 12.6. The van der Waals surface area contributed by atoms with Gasteiger partial charge < -0.3 is 14.8 Å². The lowest BCUT2D eigenvalue weighted by atomic mass is 10.1. The summed E-state index contributed by atoms with van der Waals surface area (Å²) in [7, 11) is -0.704. The second-order valence-corrected chi connectivity index (χ2v) is 9.28. The summed E-state index contributed by atoms with van der Waals surface area (Å²) in [6.07, 6.45) is 0.945. The zero-order valence-electron chi connectivity index (χ0n) is 17.1. The highest BCUT2D eigenvalue weighted by atomic mass is 32.2. The minimum Gasteiger partial charge on any atom is -0.494 e. The molecule has 0 saturated heterocycles. The molecule has 1 N–H and O–H groups in total. The van der Waals surface area contributed by atoms with E-state index in [9.17, 15) is 13.2 Å². The highest BCUT2D eigenvalue weighted by Crippen LogP contribution is 2.35. The van der Waals surface area contributed by atoms with Crippen LogP contribution in [0, 0.1) is 0 Å². The van der Waals surface area contributed by atoms with Crippen molar-refractivity contribution in [2.45, 2.75) is 37.8 Å². The lowest BCUT2D eigenvalue weighted by molar-refractivity contribution is 0.0950. The monoisotopic (exact) mass is 418 g/mol. The molecule has 2 aromatic carbocycles. The summed E-state index contributed by atoms with van der Waals surface area (Å²) >= 11 is 0. The van der Waals surface area contributed by atoms with Gasteiger partial charge in [-0.25, -0.2) is 12.7 Å². The number of nitrogens with one attached hydrogen (secondary N) is 1. The van der Waals surface area contributed by atoms with Gasteiger partial charge in [-0.1, -0.05) is 6.07 Å². The maximum Gasteiger partial charge on any atom is 0.251 e. The van der Waals surface area contributed by atoms with Crippen molar-refractivity contribution < 1.29 is 22.7 Å². The Kier molecular flexibility index (Phi) is 6.14. The quantitative estimate of drug-likeness (QED) is 0.747. The van der Waals surface area contributed by atoms with Gasteiger partial charge in [0.25, 0.3) is 5.91 Å². The Bertz CT molecular complexity index is 1020. The van der Waals surface area contributed by atoms with Crippen LogP contribution in [0.2, 0.25) is 0 Å². The Labute approximate surface area is 171 Å². The molecule has 0 saturated carbocycles. The summed E-state index contributed by atoms with van der Waals surface area (Å²) in [6, 6.07) is 9.85. The molecule has 7 nitrogen and oxygen atoms in total. The molecule has 0 aromatic heterocycles. The molecule has 1 aliphatic rings. The van der Waals surface area contributed by atoms with E-state index in [4.69, 9.17) is 9.47 Å². The van der Waals surface area contributed by atoms with E-state index in [0.29, 0.717) is 12.4 Å². The molecule has 0 aliphatic carbocycles. The van der Waals surface area contributed by atoms with Crippen LogP contribution in [0.25, 0.3) is 0 Å². The summed E-state index contributed by atoms with van der Waals surface area (Å²) < 4.78 is 37.3. The maximum absolute atomic E-state index is 12.6. The van der Waals surface area contributed by atoms with Gasteiger partial charge in [-0.2, -0.15) is 0 Å². The van der Waals surface area contributed by atoms with Gasteiger partial charge in [0.05, 0.1) is 11.5 Å². The van der Waals surface area contributed by atoms with Crippen molar-refractivity contribution in [2.75, 3.05) is 20.7 Å². The standard InChI is InChI=1S/C21H26N2O5S/c1-5-27-19-11-16-9-14(2)28-20(16)12-17(19)13-22-21(24)15-7-6-8-18(10-15)29(25,26)23(3)4/h6-8,10-12,14H,5,9,13H2,1-4H3,(H,22,24)/t14-/m1/s1. The van der Waals surface area contributed by atoms with Gasteiger partial charge in [0.15, 0.2) is 0 Å². The van der Waals surface area contributed by atoms with E-state index in [1.807, 2.05) is 26.0 Å². The third-order valence-corrected chi connectivity index (χ3v) is 6.50. The molecule has 1 atom stereocenters. The van der Waals surface area contributed by atoms with Crippen molar-refractivity contribution in [3.63, 3.8) is 0 Å². The summed E-state index contributed by atoms with van der Waals surface area (Å²) in [6.45, 7) is 4.67. The second kappa shape index (κ2) is 8.42. The first-order chi connectivity index (χ1) is 13.7. The van der Waals surface area contributed by atoms with Gasteiger partial charge >= 0.3 is 0 Å². The predicted molar refractivity (Wildman–Crippen MR) is 110 cm³/mol. The van der Waals surface area contributed by atoms with Crippen LogP contribution in [0.3, 0.4) is 0 Å². The molecule has 0 fully saturated rings. The number of nitrogens with zero attached hydrogens (tertiary/aromatic N) is 1. The average Bonchev–Trinajstić information content (AvgIpc) is 3.05. The highest BCUT2D eigenvalue weighted by Gasteiger charge is 2.22. The molecule has 156 valence electrons. The number of carbonyl (C=O) groups excluding carboxylic acids is 1. The largest absolute Gasteiger partial charge is 0.494 e. The molecule has 8 heteroatoms. The fraction of sp³-hybridized carbons (Fsp3) is 0.381. The molecule has 1 aliphatic heterocycles. The van der Waals surface area contributed by atoms with E-state index in [1.165, 1.54) is 26.2 Å². The van der Waals surface area contributed by atoms with Gasteiger partial charge in [-0.05, 0) is 44.2 Å². The molecule has 0 bridgehead atoms. The van der Waals surface area contributed by atoms with Gasteiger partial charge in [-0.15, -0.1) is 0 Å². The number of sulfonamides is 1. The zero-order valence-corrected chi connectivity index (χ0v) is 17.9. The number of carbonyl (C=O) groups is 1. The molecular formula is C21H26N2O5S. The van der Waals surface area contributed by atoms with Crippen LogP contribution in [0.1, 0.15) is 35.3 Å². The van der Waals surface area contributed by atoms with Crippen molar-refractivity contribution in [1.29, 1.82) is 0 Å². The Morgan fingerprint density at radius 2 is 2.03 bits per heavy atom. The SMILES string of the molecule is CCOc1cc2c(cc1CNC(=O)c1cccc(S(=O)(=O)N(C)C)c1)O[C@H](C)C2. The molecule has 1 heterocycles. The topological polar surface area (TPSA) is 84.9 Å². The van der Waals surface area contributed by atoms with E-state index in [2.05, 4.69) is 5.32 Å². The molecule has 29 heavy (non-hydrogen) atoms. The molecule has 0 spiro atoms. The van der Waals surface area contributed by atoms with Crippen LogP contribution in [-0.2, 0) is 23.0 Å². The highest BCUT2D eigenvalue weighted by molar-refractivity contribution is 7.89. The number of benzene rings is 2. The summed E-state index contributed by atoms with van der Waals surface area (Å²) in [5, 5.41) is 2.84. The van der Waals surface area contributed by atoms with Crippen molar-refractivity contribution >= 4 is 15.9 Å². The lowest BCUT2D eigenvalue weighted by Gasteiger charge is -2.14. The molecular weight excluding hydrogens is 392 g/mol. The Hall–Kier alpha value is -2.58. The zero-order chi connectivity index (χ0) is 21.2. The number of hydrogen-bond acceptors (Lipinski definition) is 5. The van der Waals surface area contributed by atoms with Gasteiger partial charge in [0, 0.05) is 43.8 Å². The summed E-state index contributed by atoms with van der Waals surface area (Å²) in [5.74, 6) is 1.16. The van der Waals surface area contributed by atoms with Gasteiger partial charge in [0.1, 0.15) is 17.6 Å². The summed E-state index contributed by atoms with van der Waals surface area (Å²) in [5.41, 5.74) is 2.18. The van der Waals surface area contributed by atoms with Crippen molar-refractivity contribution in [2.24, 2.45) is 0 Å². The van der Waals surface area contributed by atoms with Crippen LogP contribution < -0.4 is 14.8 Å². The molecule has 0 unspecified atom stereocenters. The van der Waals surface area contributed by atoms with Crippen LogP contribution >= 0.6 is 0 Å². The van der Waals surface area contributed by atoms with Crippen molar-refractivity contribution in [3.05, 3.63) is 53.1 Å². The normalized spacial score (nSPS) is 15.7. The van der Waals surface area contributed by atoms with Gasteiger partial charge in [-0.3, -0.25) is 4.79 Å². The van der Waals surface area contributed by atoms with Crippen LogP contribution in [-0.4, -0.2) is 45.4 Å². The second-order valence-electron chi connectivity index (χ2n) is 7.13. The van der Waals surface area contributed by atoms with Crippen LogP contribution in [0.15, 0.2) is 41.3 Å². The van der Waals surface area contributed by atoms with Gasteiger partial charge in [0.2, 0.25) is 10.0 Å². The smallest absolute Gasteiger partial charge is 0.251 e. The van der Waals surface area contributed by atoms with E-state index in [0.717, 1.165) is 27.6 Å². The Morgan fingerprint density at radius 3 is 2.72 bits per heavy atom. The Balaban J connectivity index is 1.79. The minimum absolute atomic E-state index is 0.0741. The Morgan fingerprint density at radius 1 is 1.28 bits per heavy atom. The predicted octanol–water partition coefficient (Wildman–Crippen LogP) is 2.59. The fourth-order valence-electron chi connectivity index (χ4n) is 3.20. The number of ether oxygens (including phenoxy) is 2. The molecule has 0 radical (unpaired) electrons. The summed E-state index contributed by atoms with van der Waals surface area (Å²) in [4.78, 5) is 12.7. The average molecular weight is 419 g/mol. The number of fused-ring (bicyclic) bond motifs is 1. The van der Waals surface area contributed by atoms with E-state index in [-0.39, 0.29) is 29.0 Å². The minimum atomic E-state index is -3.61. The van der Waals surface area contributed by atoms with Crippen LogP contribution in [0.4, 0.5) is 0 Å². The lowest BCUT2D eigenvalue weighted by Crippen LogP contribution is -2.25. The first-order valence-electron chi connectivity index (χ1n) is 9.48. The van der Waals surface area contributed by atoms with Crippen LogP contribution in [0.5, 0.6) is 11.5 Å². The number of amides is 1. The van der Waals surface area contributed by atoms with Crippen molar-refractivity contribution in [1.82, 2.24) is 9.62 Å². The molecule has 1 amide bonds. The first-order valence-corrected chi connectivity index (χ1v) is 10.9. The van der Waals surface area contributed by atoms with E-state index >= 15 is 0 Å². The molecule has 2 aromatic rings. The molecule has 3 rings (SSSR count). The number of hydrogen-bond donors (Lipinski definition) is 1. The third-order valence-electron chi connectivity index (χ3n) is 4.69.